The molecule has 1 aliphatic carbocycles. The van der Waals surface area contributed by atoms with E-state index in [0.29, 0.717) is 16.3 Å². The molecule has 1 amide bonds. The van der Waals surface area contributed by atoms with Gasteiger partial charge in [0.1, 0.15) is 5.82 Å². The summed E-state index contributed by atoms with van der Waals surface area (Å²) in [5.74, 6) is -1.20. The van der Waals surface area contributed by atoms with E-state index < -0.39 is 11.8 Å². The Kier molecular flexibility index (Phi) is 9.41. The zero-order chi connectivity index (χ0) is 27.9. The third-order valence-corrected chi connectivity index (χ3v) is 7.50. The highest BCUT2D eigenvalue weighted by molar-refractivity contribution is 6.31. The Hall–Kier alpha value is -3.64. The van der Waals surface area contributed by atoms with Crippen molar-refractivity contribution in [2.24, 2.45) is 5.92 Å². The van der Waals surface area contributed by atoms with Crippen LogP contribution in [0, 0.1) is 11.7 Å². The van der Waals surface area contributed by atoms with Crippen molar-refractivity contribution in [3.05, 3.63) is 88.7 Å². The van der Waals surface area contributed by atoms with Gasteiger partial charge in [-0.05, 0) is 77.6 Å². The molecule has 1 aliphatic rings. The van der Waals surface area contributed by atoms with Gasteiger partial charge < -0.3 is 14.5 Å². The van der Waals surface area contributed by atoms with E-state index in [1.165, 1.54) is 31.4 Å². The summed E-state index contributed by atoms with van der Waals surface area (Å²) in [7, 11) is 5.28. The van der Waals surface area contributed by atoms with Crippen LogP contribution in [-0.4, -0.2) is 33.1 Å². The van der Waals surface area contributed by atoms with Crippen LogP contribution in [0.15, 0.2) is 66.7 Å². The van der Waals surface area contributed by atoms with Crippen LogP contribution in [0.1, 0.15) is 43.2 Å². The number of rotatable bonds is 8. The normalized spacial score (nSPS) is 13.9. The van der Waals surface area contributed by atoms with Crippen LogP contribution in [-0.2, 0) is 20.9 Å². The molecule has 0 spiro atoms. The largest absolute Gasteiger partial charge is 0.466 e. The van der Waals surface area contributed by atoms with Gasteiger partial charge in [-0.1, -0.05) is 55.1 Å². The fraction of sp³-hybridized carbons (Fsp3) is 0.312. The molecule has 1 fully saturated rings. The Morgan fingerprint density at radius 2 is 1.64 bits per heavy atom. The fourth-order valence-electron chi connectivity index (χ4n) is 4.92. The molecule has 0 bridgehead atoms. The van der Waals surface area contributed by atoms with Crippen molar-refractivity contribution in [1.82, 2.24) is 0 Å². The van der Waals surface area contributed by atoms with E-state index in [-0.39, 0.29) is 18.4 Å². The number of hydrogen-bond donors (Lipinski definition) is 0. The Labute approximate surface area is 234 Å². The van der Waals surface area contributed by atoms with Gasteiger partial charge in [-0.3, -0.25) is 4.79 Å². The SMILES string of the molecule is COC(=O)C=Cc1cc(F)cc(N(Cc2ccc(-c3ccc(N(C)C)cc3)cc2Cl)C(=O)C2CCCCC2)c1. The lowest BCUT2D eigenvalue weighted by Gasteiger charge is -2.30. The van der Waals surface area contributed by atoms with E-state index >= 15 is 0 Å². The number of anilines is 2. The van der Waals surface area contributed by atoms with Gasteiger partial charge in [0.05, 0.1) is 13.7 Å². The molecule has 39 heavy (non-hydrogen) atoms. The average molecular weight is 549 g/mol. The van der Waals surface area contributed by atoms with Crippen LogP contribution in [0.2, 0.25) is 5.02 Å². The number of methoxy groups -OCH3 is 1. The molecule has 0 unspecified atom stereocenters. The van der Waals surface area contributed by atoms with Crippen LogP contribution in [0.25, 0.3) is 17.2 Å². The molecule has 3 aromatic carbocycles. The smallest absolute Gasteiger partial charge is 0.330 e. The Balaban J connectivity index is 1.66. The molecule has 0 N–H and O–H groups in total. The van der Waals surface area contributed by atoms with Gasteiger partial charge in [0.15, 0.2) is 0 Å². The fourth-order valence-corrected chi connectivity index (χ4v) is 5.16. The molecule has 0 saturated heterocycles. The van der Waals surface area contributed by atoms with E-state index in [4.69, 9.17) is 11.6 Å². The molecule has 0 atom stereocenters. The Morgan fingerprint density at radius 3 is 2.28 bits per heavy atom. The lowest BCUT2D eigenvalue weighted by molar-refractivity contribution is -0.134. The third-order valence-electron chi connectivity index (χ3n) is 7.15. The average Bonchev–Trinajstić information content (AvgIpc) is 2.95. The number of carbonyl (C=O) groups excluding carboxylic acids is 2. The molecule has 1 saturated carbocycles. The highest BCUT2D eigenvalue weighted by Crippen LogP contribution is 2.33. The summed E-state index contributed by atoms with van der Waals surface area (Å²) in [4.78, 5) is 29.0. The van der Waals surface area contributed by atoms with E-state index in [0.717, 1.165) is 54.5 Å². The van der Waals surface area contributed by atoms with Crippen molar-refractivity contribution in [3.63, 3.8) is 0 Å². The Bertz CT molecular complexity index is 1350. The van der Waals surface area contributed by atoms with Gasteiger partial charge >= 0.3 is 5.97 Å². The minimum Gasteiger partial charge on any atom is -0.466 e. The Morgan fingerprint density at radius 1 is 0.949 bits per heavy atom. The summed E-state index contributed by atoms with van der Waals surface area (Å²) in [5, 5.41) is 0.535. The maximum atomic E-state index is 14.7. The lowest BCUT2D eigenvalue weighted by Crippen LogP contribution is -2.37. The zero-order valence-corrected chi connectivity index (χ0v) is 23.4. The summed E-state index contributed by atoms with van der Waals surface area (Å²) in [6, 6.07) is 18.4. The van der Waals surface area contributed by atoms with Gasteiger partial charge in [-0.15, -0.1) is 0 Å². The number of esters is 1. The van der Waals surface area contributed by atoms with Crippen molar-refractivity contribution < 1.29 is 18.7 Å². The van der Waals surface area contributed by atoms with Gasteiger partial charge in [0, 0.05) is 42.5 Å². The summed E-state index contributed by atoms with van der Waals surface area (Å²) < 4.78 is 19.4. The predicted octanol–water partition coefficient (Wildman–Crippen LogP) is 7.51. The van der Waals surface area contributed by atoms with E-state index in [9.17, 15) is 14.0 Å². The summed E-state index contributed by atoms with van der Waals surface area (Å²) >= 11 is 6.76. The number of halogens is 2. The maximum Gasteiger partial charge on any atom is 0.330 e. The minimum absolute atomic E-state index is 0.0392. The second-order valence-corrected chi connectivity index (χ2v) is 10.5. The molecule has 3 aromatic rings. The van der Waals surface area contributed by atoms with Crippen molar-refractivity contribution in [1.29, 1.82) is 0 Å². The number of hydrogen-bond acceptors (Lipinski definition) is 4. The molecule has 5 nitrogen and oxygen atoms in total. The van der Waals surface area contributed by atoms with Crippen LogP contribution < -0.4 is 9.80 Å². The summed E-state index contributed by atoms with van der Waals surface area (Å²) in [5.41, 5.74) is 4.77. The zero-order valence-electron chi connectivity index (χ0n) is 22.6. The first kappa shape index (κ1) is 28.4. The van der Waals surface area contributed by atoms with Gasteiger partial charge in [-0.25, -0.2) is 9.18 Å². The van der Waals surface area contributed by atoms with Crippen molar-refractivity contribution in [2.45, 2.75) is 38.6 Å². The van der Waals surface area contributed by atoms with Crippen molar-refractivity contribution in [2.75, 3.05) is 31.0 Å². The van der Waals surface area contributed by atoms with Crippen LogP contribution in [0.4, 0.5) is 15.8 Å². The van der Waals surface area contributed by atoms with Crippen molar-refractivity contribution in [3.8, 4) is 11.1 Å². The number of carbonyl (C=O) groups is 2. The number of amides is 1. The topological polar surface area (TPSA) is 49.9 Å². The first-order valence-electron chi connectivity index (χ1n) is 13.2. The molecule has 4 rings (SSSR count). The molecule has 204 valence electrons. The molecule has 0 aromatic heterocycles. The molecular weight excluding hydrogens is 515 g/mol. The van der Waals surface area contributed by atoms with Crippen molar-refractivity contribution >= 4 is 40.9 Å². The number of ether oxygens (including phenoxy) is 1. The standard InChI is InChI=1S/C32H34ClFN2O3/c1-35(2)28-14-12-23(13-15-28)25-10-11-26(30(33)19-25)21-36(32(38)24-7-5-4-6-8-24)29-18-22(17-27(34)20-29)9-16-31(37)39-3/h9-20,24H,4-8,21H2,1-3H3. The van der Waals surface area contributed by atoms with Crippen LogP contribution in [0.5, 0.6) is 0 Å². The van der Waals surface area contributed by atoms with Crippen LogP contribution in [0.3, 0.4) is 0 Å². The van der Waals surface area contributed by atoms with E-state index in [1.807, 2.05) is 37.2 Å². The maximum absolute atomic E-state index is 14.7. The summed E-state index contributed by atoms with van der Waals surface area (Å²) in [6.07, 6.45) is 7.46. The first-order valence-corrected chi connectivity index (χ1v) is 13.6. The van der Waals surface area contributed by atoms with Gasteiger partial charge in [0.2, 0.25) is 5.91 Å². The predicted molar refractivity (Wildman–Crippen MR) is 156 cm³/mol. The second-order valence-electron chi connectivity index (χ2n) is 10.1. The van der Waals surface area contributed by atoms with Crippen LogP contribution >= 0.6 is 11.6 Å². The van der Waals surface area contributed by atoms with Gasteiger partial charge in [-0.2, -0.15) is 0 Å². The molecule has 0 heterocycles. The van der Waals surface area contributed by atoms with E-state index in [1.54, 1.807) is 11.0 Å². The second kappa shape index (κ2) is 12.9. The highest BCUT2D eigenvalue weighted by atomic mass is 35.5. The number of benzene rings is 3. The summed E-state index contributed by atoms with van der Waals surface area (Å²) in [6.45, 7) is 0.206. The monoisotopic (exact) mass is 548 g/mol. The number of nitrogens with zero attached hydrogens (tertiary/aromatic N) is 2. The lowest BCUT2D eigenvalue weighted by atomic mass is 9.88. The molecule has 7 heteroatoms. The highest BCUT2D eigenvalue weighted by Gasteiger charge is 2.28. The minimum atomic E-state index is -0.542. The third kappa shape index (κ3) is 7.27. The quantitative estimate of drug-likeness (QED) is 0.216. The van der Waals surface area contributed by atoms with Gasteiger partial charge in [0.25, 0.3) is 0 Å². The molecule has 0 radical (unpaired) electrons. The van der Waals surface area contributed by atoms with E-state index in [2.05, 4.69) is 29.0 Å². The molecule has 0 aliphatic heterocycles. The molecular formula is C32H34ClFN2O3. The first-order chi connectivity index (χ1) is 18.7.